The van der Waals surface area contributed by atoms with Gasteiger partial charge in [-0.2, -0.15) is 8.42 Å². The molecule has 72 valence electrons. The summed E-state index contributed by atoms with van der Waals surface area (Å²) in [5.74, 6) is -0.958. The van der Waals surface area contributed by atoms with Crippen LogP contribution in [-0.2, 0) is 10.2 Å². The smallest absolute Gasteiger partial charge is 0.243 e. The van der Waals surface area contributed by atoms with Crippen LogP contribution in [0.4, 0.5) is 8.28 Å². The Hall–Kier alpha value is -0.190. The molecule has 1 saturated carbocycles. The molecule has 5 heteroatoms. The third-order valence-electron chi connectivity index (χ3n) is 2.18. The second kappa shape index (κ2) is 3.28. The van der Waals surface area contributed by atoms with Gasteiger partial charge in [-0.05, 0) is 12.8 Å². The topological polar surface area (TPSA) is 34.1 Å². The summed E-state index contributed by atoms with van der Waals surface area (Å²) in [5, 5.41) is 0. The van der Waals surface area contributed by atoms with Crippen molar-refractivity contribution in [3.63, 3.8) is 0 Å². The first-order valence-corrected chi connectivity index (χ1v) is 5.58. The molecule has 0 unspecified atom stereocenters. The Labute approximate surface area is 71.2 Å². The molecule has 0 aromatic carbocycles. The molecule has 0 saturated heterocycles. The summed E-state index contributed by atoms with van der Waals surface area (Å²) in [7, 11) is -4.66. The average Bonchev–Trinajstić information content (AvgIpc) is 1.83. The molecule has 1 fully saturated rings. The van der Waals surface area contributed by atoms with Gasteiger partial charge in [0.2, 0.25) is 0 Å². The number of hydrogen-bond donors (Lipinski definition) is 0. The molecule has 0 heterocycles. The fourth-order valence-electron chi connectivity index (χ4n) is 1.64. The van der Waals surface area contributed by atoms with Crippen molar-refractivity contribution >= 4 is 10.2 Å². The molecular formula is C7H12F2O2S. The highest BCUT2D eigenvalue weighted by Crippen LogP contribution is 2.33. The highest BCUT2D eigenvalue weighted by molar-refractivity contribution is 7.86. The minimum atomic E-state index is -4.66. The highest BCUT2D eigenvalue weighted by atomic mass is 32.3. The first-order chi connectivity index (χ1) is 5.41. The van der Waals surface area contributed by atoms with Crippen LogP contribution in [0, 0.1) is 0 Å². The molecule has 0 amide bonds. The van der Waals surface area contributed by atoms with Crippen molar-refractivity contribution in [2.45, 2.75) is 37.8 Å². The zero-order valence-electron chi connectivity index (χ0n) is 6.72. The Kier molecular flexibility index (Phi) is 2.70. The molecule has 1 aliphatic rings. The van der Waals surface area contributed by atoms with Gasteiger partial charge in [-0.25, -0.2) is 4.39 Å². The van der Waals surface area contributed by atoms with E-state index in [1.54, 1.807) is 0 Å². The third kappa shape index (κ3) is 3.05. The van der Waals surface area contributed by atoms with E-state index in [9.17, 15) is 16.7 Å². The summed E-state index contributed by atoms with van der Waals surface area (Å²) in [6.45, 7) is 0. The first-order valence-electron chi connectivity index (χ1n) is 4.03. The Morgan fingerprint density at radius 3 is 2.08 bits per heavy atom. The molecule has 0 radical (unpaired) electrons. The van der Waals surface area contributed by atoms with Gasteiger partial charge in [0.1, 0.15) is 11.4 Å². The predicted molar refractivity (Wildman–Crippen MR) is 41.8 cm³/mol. The van der Waals surface area contributed by atoms with Crippen LogP contribution in [0.25, 0.3) is 0 Å². The first kappa shape index (κ1) is 9.89. The lowest BCUT2D eigenvalue weighted by atomic mass is 9.88. The fraction of sp³-hybridized carbons (Fsp3) is 1.00. The minimum absolute atomic E-state index is 0.177. The van der Waals surface area contributed by atoms with Gasteiger partial charge in [-0.15, -0.1) is 3.89 Å². The quantitative estimate of drug-likeness (QED) is 0.635. The maximum absolute atomic E-state index is 13.4. The predicted octanol–water partition coefficient (Wildman–Crippen LogP) is 1.96. The zero-order valence-corrected chi connectivity index (χ0v) is 7.54. The van der Waals surface area contributed by atoms with E-state index in [-0.39, 0.29) is 12.8 Å². The van der Waals surface area contributed by atoms with Gasteiger partial charge in [0.25, 0.3) is 0 Å². The number of halogens is 2. The zero-order chi connectivity index (χ0) is 9.24. The van der Waals surface area contributed by atoms with E-state index in [0.29, 0.717) is 12.8 Å². The van der Waals surface area contributed by atoms with Gasteiger partial charge >= 0.3 is 10.2 Å². The van der Waals surface area contributed by atoms with Crippen molar-refractivity contribution in [1.29, 1.82) is 0 Å². The van der Waals surface area contributed by atoms with Crippen LogP contribution in [-0.4, -0.2) is 19.8 Å². The largest absolute Gasteiger partial charge is 0.305 e. The summed E-state index contributed by atoms with van der Waals surface area (Å²) in [4.78, 5) is 0. The van der Waals surface area contributed by atoms with Crippen LogP contribution in [0.2, 0.25) is 0 Å². The summed E-state index contributed by atoms with van der Waals surface area (Å²) < 4.78 is 46.0. The number of hydrogen-bond acceptors (Lipinski definition) is 2. The van der Waals surface area contributed by atoms with Crippen LogP contribution in [0.3, 0.4) is 0 Å². The summed E-state index contributed by atoms with van der Waals surface area (Å²) in [5.41, 5.74) is -1.80. The number of alkyl halides is 1. The van der Waals surface area contributed by atoms with Crippen LogP contribution in [0.1, 0.15) is 32.1 Å². The van der Waals surface area contributed by atoms with E-state index in [1.807, 2.05) is 0 Å². The molecule has 0 spiro atoms. The second-order valence-corrected chi connectivity index (χ2v) is 4.76. The van der Waals surface area contributed by atoms with Crippen molar-refractivity contribution in [1.82, 2.24) is 0 Å². The lowest BCUT2D eigenvalue weighted by Gasteiger charge is -2.27. The third-order valence-corrected chi connectivity index (χ3v) is 3.04. The molecule has 1 rings (SSSR count). The van der Waals surface area contributed by atoms with Crippen molar-refractivity contribution < 1.29 is 16.7 Å². The molecule has 12 heavy (non-hydrogen) atoms. The molecule has 0 bridgehead atoms. The normalized spacial score (nSPS) is 23.8. The van der Waals surface area contributed by atoms with Crippen LogP contribution in [0.5, 0.6) is 0 Å². The molecule has 0 aromatic heterocycles. The van der Waals surface area contributed by atoms with Gasteiger partial charge in [-0.1, -0.05) is 19.3 Å². The molecular weight excluding hydrogens is 186 g/mol. The Morgan fingerprint density at radius 2 is 1.67 bits per heavy atom. The van der Waals surface area contributed by atoms with Crippen LogP contribution < -0.4 is 0 Å². The summed E-state index contributed by atoms with van der Waals surface area (Å²) >= 11 is 0. The monoisotopic (exact) mass is 198 g/mol. The van der Waals surface area contributed by atoms with E-state index in [4.69, 9.17) is 0 Å². The summed E-state index contributed by atoms with van der Waals surface area (Å²) in [6.07, 6.45) is 2.59. The second-order valence-electron chi connectivity index (χ2n) is 3.39. The van der Waals surface area contributed by atoms with E-state index < -0.39 is 21.6 Å². The Bertz CT molecular complexity index is 242. The van der Waals surface area contributed by atoms with Crippen molar-refractivity contribution in [3.8, 4) is 0 Å². The fourth-order valence-corrected chi connectivity index (χ4v) is 2.55. The summed E-state index contributed by atoms with van der Waals surface area (Å²) in [6, 6.07) is 0. The minimum Gasteiger partial charge on any atom is -0.243 e. The molecule has 2 nitrogen and oxygen atoms in total. The SMILES string of the molecule is O=S(=O)(F)CC1(F)CCCCC1. The molecule has 0 atom stereocenters. The van der Waals surface area contributed by atoms with E-state index >= 15 is 0 Å². The standard InChI is InChI=1S/C7H12F2O2S/c8-7(6-12(9,10)11)4-2-1-3-5-7/h1-6H2. The van der Waals surface area contributed by atoms with Gasteiger partial charge in [0.05, 0.1) is 0 Å². The molecule has 1 aliphatic carbocycles. The van der Waals surface area contributed by atoms with Gasteiger partial charge in [0.15, 0.2) is 0 Å². The van der Waals surface area contributed by atoms with E-state index in [1.165, 1.54) is 0 Å². The van der Waals surface area contributed by atoms with Crippen molar-refractivity contribution in [2.24, 2.45) is 0 Å². The Balaban J connectivity index is 2.59. The maximum Gasteiger partial charge on any atom is 0.305 e. The van der Waals surface area contributed by atoms with Crippen LogP contribution in [0.15, 0.2) is 0 Å². The van der Waals surface area contributed by atoms with Gasteiger partial charge in [0, 0.05) is 0 Å². The van der Waals surface area contributed by atoms with Crippen molar-refractivity contribution in [2.75, 3.05) is 5.75 Å². The van der Waals surface area contributed by atoms with Gasteiger partial charge in [-0.3, -0.25) is 0 Å². The van der Waals surface area contributed by atoms with E-state index in [2.05, 4.69) is 0 Å². The van der Waals surface area contributed by atoms with Crippen LogP contribution >= 0.6 is 0 Å². The maximum atomic E-state index is 13.4. The Morgan fingerprint density at radius 1 is 1.17 bits per heavy atom. The van der Waals surface area contributed by atoms with Gasteiger partial charge < -0.3 is 0 Å². The lowest BCUT2D eigenvalue weighted by molar-refractivity contribution is 0.132. The van der Waals surface area contributed by atoms with Crippen molar-refractivity contribution in [3.05, 3.63) is 0 Å². The number of rotatable bonds is 2. The molecule has 0 N–H and O–H groups in total. The average molecular weight is 198 g/mol. The molecule has 0 aromatic rings. The van der Waals surface area contributed by atoms with E-state index in [0.717, 1.165) is 6.42 Å². The highest BCUT2D eigenvalue weighted by Gasteiger charge is 2.36. The lowest BCUT2D eigenvalue weighted by Crippen LogP contribution is -2.33. The molecule has 0 aliphatic heterocycles.